The van der Waals surface area contributed by atoms with Crippen LogP contribution in [0.4, 0.5) is 0 Å². The highest BCUT2D eigenvalue weighted by Crippen LogP contribution is 2.12. The number of nitrogens with two attached hydrogens (primary N) is 1. The summed E-state index contributed by atoms with van der Waals surface area (Å²) < 4.78 is 5.34. The first-order valence-corrected chi connectivity index (χ1v) is 8.91. The van der Waals surface area contributed by atoms with E-state index in [2.05, 4.69) is 5.32 Å². The van der Waals surface area contributed by atoms with Crippen molar-refractivity contribution >= 4 is 11.9 Å². The number of nitrogens with one attached hydrogen (secondary N) is 1. The number of rotatable bonds is 8. The number of ether oxygens (including phenoxy) is 1. The van der Waals surface area contributed by atoms with E-state index in [1.54, 1.807) is 12.1 Å². The first-order chi connectivity index (χ1) is 12.9. The highest BCUT2D eigenvalue weighted by Gasteiger charge is 2.27. The summed E-state index contributed by atoms with van der Waals surface area (Å²) in [7, 11) is 0. The van der Waals surface area contributed by atoms with Crippen LogP contribution in [0.15, 0.2) is 54.6 Å². The van der Waals surface area contributed by atoms with Gasteiger partial charge in [0.05, 0.1) is 6.04 Å². The summed E-state index contributed by atoms with van der Waals surface area (Å²) in [5, 5.41) is 12.0. The predicted octanol–water partition coefficient (Wildman–Crippen LogP) is 2.15. The molecule has 0 fully saturated rings. The van der Waals surface area contributed by atoms with Crippen LogP contribution in [0.2, 0.25) is 0 Å². The van der Waals surface area contributed by atoms with Gasteiger partial charge in [-0.25, -0.2) is 4.79 Å². The lowest BCUT2D eigenvalue weighted by Gasteiger charge is -2.23. The lowest BCUT2D eigenvalue weighted by Crippen LogP contribution is -2.51. The smallest absolute Gasteiger partial charge is 0.329 e. The molecule has 1 amide bonds. The van der Waals surface area contributed by atoms with E-state index in [0.29, 0.717) is 6.42 Å². The Balaban J connectivity index is 1.92. The zero-order valence-electron chi connectivity index (χ0n) is 15.6. The number of amides is 1. The van der Waals surface area contributed by atoms with E-state index < -0.39 is 24.0 Å². The molecule has 0 unspecified atom stereocenters. The van der Waals surface area contributed by atoms with Crippen molar-refractivity contribution in [2.75, 3.05) is 0 Å². The molecular weight excluding hydrogens is 344 g/mol. The highest BCUT2D eigenvalue weighted by molar-refractivity contribution is 5.87. The molecule has 0 saturated heterocycles. The maximum absolute atomic E-state index is 12.4. The number of benzene rings is 2. The molecule has 6 nitrogen and oxygen atoms in total. The SMILES string of the molecule is CC(C)[C@H](NC(=O)[C@@H](N)Cc1ccc(O)cc1)C(=O)OCc1ccccc1. The van der Waals surface area contributed by atoms with Gasteiger partial charge in [-0.15, -0.1) is 0 Å². The van der Waals surface area contributed by atoms with Crippen LogP contribution in [-0.2, 0) is 27.4 Å². The van der Waals surface area contributed by atoms with E-state index in [9.17, 15) is 14.7 Å². The Kier molecular flexibility index (Phi) is 7.37. The molecule has 0 saturated carbocycles. The third-order valence-electron chi connectivity index (χ3n) is 4.17. The second kappa shape index (κ2) is 9.73. The Morgan fingerprint density at radius 2 is 1.67 bits per heavy atom. The van der Waals surface area contributed by atoms with Gasteiger partial charge in [-0.2, -0.15) is 0 Å². The molecule has 0 radical (unpaired) electrons. The standard InChI is InChI=1S/C21H26N2O4/c1-14(2)19(21(26)27-13-16-6-4-3-5-7-16)23-20(25)18(22)12-15-8-10-17(24)11-9-15/h3-11,14,18-19,24H,12-13,22H2,1-2H3,(H,23,25)/t18-,19-/m0/s1. The van der Waals surface area contributed by atoms with Gasteiger partial charge in [0.2, 0.25) is 5.91 Å². The van der Waals surface area contributed by atoms with E-state index in [1.165, 1.54) is 12.1 Å². The van der Waals surface area contributed by atoms with E-state index in [0.717, 1.165) is 11.1 Å². The summed E-state index contributed by atoms with van der Waals surface area (Å²) in [6.45, 7) is 3.82. The van der Waals surface area contributed by atoms with Gasteiger partial charge in [0.1, 0.15) is 18.4 Å². The van der Waals surface area contributed by atoms with Gasteiger partial charge in [-0.1, -0.05) is 56.3 Å². The minimum atomic E-state index is -0.808. The van der Waals surface area contributed by atoms with Gasteiger partial charge in [0.15, 0.2) is 0 Å². The monoisotopic (exact) mass is 370 g/mol. The molecule has 6 heteroatoms. The Morgan fingerprint density at radius 1 is 1.04 bits per heavy atom. The fourth-order valence-corrected chi connectivity index (χ4v) is 2.56. The fourth-order valence-electron chi connectivity index (χ4n) is 2.56. The average Bonchev–Trinajstić information content (AvgIpc) is 2.66. The summed E-state index contributed by atoms with van der Waals surface area (Å²) in [5.74, 6) is -0.895. The number of carbonyl (C=O) groups is 2. The van der Waals surface area contributed by atoms with E-state index in [1.807, 2.05) is 44.2 Å². The molecule has 2 aromatic carbocycles. The van der Waals surface area contributed by atoms with E-state index >= 15 is 0 Å². The summed E-state index contributed by atoms with van der Waals surface area (Å²) in [5.41, 5.74) is 7.68. The molecule has 2 atom stereocenters. The topological polar surface area (TPSA) is 102 Å². The lowest BCUT2D eigenvalue weighted by atomic mass is 10.0. The molecular formula is C21H26N2O4. The van der Waals surface area contributed by atoms with Gasteiger partial charge in [0.25, 0.3) is 0 Å². The van der Waals surface area contributed by atoms with Crippen LogP contribution in [0.5, 0.6) is 5.75 Å². The lowest BCUT2D eigenvalue weighted by molar-refractivity contribution is -0.150. The second-order valence-electron chi connectivity index (χ2n) is 6.80. The summed E-state index contributed by atoms with van der Waals surface area (Å²) in [6.07, 6.45) is 0.302. The van der Waals surface area contributed by atoms with Crippen LogP contribution >= 0.6 is 0 Å². The number of hydrogen-bond donors (Lipinski definition) is 3. The summed E-state index contributed by atoms with van der Waals surface area (Å²) in [6, 6.07) is 14.3. The predicted molar refractivity (Wildman–Crippen MR) is 103 cm³/mol. The van der Waals surface area contributed by atoms with Crippen molar-refractivity contribution in [2.45, 2.75) is 39.0 Å². The molecule has 0 aliphatic heterocycles. The van der Waals surface area contributed by atoms with Gasteiger partial charge < -0.3 is 20.9 Å². The summed E-state index contributed by atoms with van der Waals surface area (Å²) >= 11 is 0. The van der Waals surface area contributed by atoms with Crippen LogP contribution in [-0.4, -0.2) is 29.1 Å². The molecule has 2 rings (SSSR count). The molecule has 0 aliphatic carbocycles. The Hall–Kier alpha value is -2.86. The molecule has 0 aromatic heterocycles. The first kappa shape index (κ1) is 20.5. The molecule has 0 aliphatic rings. The number of phenolic OH excluding ortho intramolecular Hbond substituents is 1. The molecule has 0 spiro atoms. The highest BCUT2D eigenvalue weighted by atomic mass is 16.5. The number of hydrogen-bond acceptors (Lipinski definition) is 5. The molecule has 4 N–H and O–H groups in total. The molecule has 2 aromatic rings. The maximum Gasteiger partial charge on any atom is 0.329 e. The number of aromatic hydroxyl groups is 1. The van der Waals surface area contributed by atoms with Crippen molar-refractivity contribution in [3.05, 3.63) is 65.7 Å². The van der Waals surface area contributed by atoms with Crippen molar-refractivity contribution in [3.63, 3.8) is 0 Å². The first-order valence-electron chi connectivity index (χ1n) is 8.91. The average molecular weight is 370 g/mol. The third kappa shape index (κ3) is 6.42. The van der Waals surface area contributed by atoms with Gasteiger partial charge in [0, 0.05) is 0 Å². The van der Waals surface area contributed by atoms with Gasteiger partial charge >= 0.3 is 5.97 Å². The molecule has 27 heavy (non-hydrogen) atoms. The van der Waals surface area contributed by atoms with E-state index in [4.69, 9.17) is 10.5 Å². The van der Waals surface area contributed by atoms with Crippen molar-refractivity contribution in [1.82, 2.24) is 5.32 Å². The number of esters is 1. The molecule has 0 bridgehead atoms. The van der Waals surface area contributed by atoms with Crippen molar-refractivity contribution < 1.29 is 19.4 Å². The minimum Gasteiger partial charge on any atom is -0.508 e. The zero-order chi connectivity index (χ0) is 19.8. The van der Waals surface area contributed by atoms with Crippen molar-refractivity contribution in [2.24, 2.45) is 11.7 Å². The van der Waals surface area contributed by atoms with Gasteiger partial charge in [-0.3, -0.25) is 4.79 Å². The molecule has 144 valence electrons. The zero-order valence-corrected chi connectivity index (χ0v) is 15.6. The fraction of sp³-hybridized carbons (Fsp3) is 0.333. The quantitative estimate of drug-likeness (QED) is 0.618. The number of carbonyl (C=O) groups excluding carboxylic acids is 2. The Morgan fingerprint density at radius 3 is 2.26 bits per heavy atom. The van der Waals surface area contributed by atoms with E-state index in [-0.39, 0.29) is 18.3 Å². The van der Waals surface area contributed by atoms with Crippen LogP contribution in [0.3, 0.4) is 0 Å². The number of phenols is 1. The van der Waals surface area contributed by atoms with Gasteiger partial charge in [-0.05, 0) is 35.6 Å². The normalized spacial score (nSPS) is 13.0. The van der Waals surface area contributed by atoms with Crippen LogP contribution in [0.25, 0.3) is 0 Å². The Bertz CT molecular complexity index is 745. The maximum atomic E-state index is 12.4. The van der Waals surface area contributed by atoms with Crippen molar-refractivity contribution in [1.29, 1.82) is 0 Å². The largest absolute Gasteiger partial charge is 0.508 e. The van der Waals surface area contributed by atoms with Crippen LogP contribution < -0.4 is 11.1 Å². The summed E-state index contributed by atoms with van der Waals surface area (Å²) in [4.78, 5) is 24.8. The van der Waals surface area contributed by atoms with Crippen LogP contribution in [0, 0.1) is 5.92 Å². The molecule has 0 heterocycles. The second-order valence-corrected chi connectivity index (χ2v) is 6.80. The van der Waals surface area contributed by atoms with Crippen molar-refractivity contribution in [3.8, 4) is 5.75 Å². The Labute approximate surface area is 159 Å². The third-order valence-corrected chi connectivity index (χ3v) is 4.17. The minimum absolute atomic E-state index is 0.141. The van der Waals surface area contributed by atoms with Crippen LogP contribution in [0.1, 0.15) is 25.0 Å².